The number of aromatic nitrogens is 1. The highest BCUT2D eigenvalue weighted by molar-refractivity contribution is 5.86. The van der Waals surface area contributed by atoms with Gasteiger partial charge in [-0.2, -0.15) is 0 Å². The lowest BCUT2D eigenvalue weighted by Crippen LogP contribution is -2.14. The van der Waals surface area contributed by atoms with Crippen molar-refractivity contribution in [2.45, 2.75) is 25.7 Å². The first-order valence-electron chi connectivity index (χ1n) is 6.25. The fraction of sp³-hybridized carbons (Fsp3) is 0.429. The molecule has 1 aliphatic heterocycles. The number of ether oxygens (including phenoxy) is 2. The van der Waals surface area contributed by atoms with Crippen LogP contribution in [0.4, 0.5) is 0 Å². The number of allylic oxidation sites excluding steroid dienone is 1. The molecule has 0 N–H and O–H groups in total. The van der Waals surface area contributed by atoms with E-state index < -0.39 is 0 Å². The Morgan fingerprint density at radius 3 is 2.94 bits per heavy atom. The van der Waals surface area contributed by atoms with Crippen LogP contribution in [0.15, 0.2) is 36.4 Å². The summed E-state index contributed by atoms with van der Waals surface area (Å²) >= 11 is 0. The molecule has 96 valence electrons. The van der Waals surface area contributed by atoms with Gasteiger partial charge in [0.2, 0.25) is 5.76 Å². The van der Waals surface area contributed by atoms with E-state index in [2.05, 4.69) is 4.98 Å². The molecule has 4 nitrogen and oxygen atoms in total. The van der Waals surface area contributed by atoms with Crippen molar-refractivity contribution in [3.63, 3.8) is 0 Å². The highest BCUT2D eigenvalue weighted by Gasteiger charge is 2.14. The van der Waals surface area contributed by atoms with E-state index in [0.717, 1.165) is 25.7 Å². The predicted molar refractivity (Wildman–Crippen MR) is 66.8 cm³/mol. The van der Waals surface area contributed by atoms with Crippen molar-refractivity contribution in [3.05, 3.63) is 41.9 Å². The van der Waals surface area contributed by atoms with Gasteiger partial charge in [-0.15, -0.1) is 0 Å². The normalized spacial score (nSPS) is 14.6. The first-order valence-corrected chi connectivity index (χ1v) is 6.25. The number of esters is 1. The Bertz CT molecular complexity index is 414. The lowest BCUT2D eigenvalue weighted by Gasteiger charge is -2.13. The van der Waals surface area contributed by atoms with Crippen LogP contribution in [-0.4, -0.2) is 24.2 Å². The van der Waals surface area contributed by atoms with Crippen LogP contribution in [-0.2, 0) is 20.7 Å². The molecule has 0 atom stereocenters. The third-order valence-electron chi connectivity index (χ3n) is 2.73. The van der Waals surface area contributed by atoms with Crippen molar-refractivity contribution in [1.82, 2.24) is 4.98 Å². The Labute approximate surface area is 107 Å². The van der Waals surface area contributed by atoms with Crippen molar-refractivity contribution >= 4 is 5.97 Å². The molecule has 0 amide bonds. The van der Waals surface area contributed by atoms with Crippen molar-refractivity contribution < 1.29 is 14.3 Å². The summed E-state index contributed by atoms with van der Waals surface area (Å²) in [5, 5.41) is 0. The monoisotopic (exact) mass is 247 g/mol. The standard InChI is InChI=1S/C14H17NO3/c16-14(13-5-1-2-10-17-13)18-11-3-4-12-6-8-15-9-7-12/h5-9H,1-4,10-11H2. The summed E-state index contributed by atoms with van der Waals surface area (Å²) < 4.78 is 10.4. The van der Waals surface area contributed by atoms with E-state index in [1.54, 1.807) is 18.5 Å². The number of hydrogen-bond donors (Lipinski definition) is 0. The van der Waals surface area contributed by atoms with Gasteiger partial charge in [-0.05, 0) is 49.5 Å². The fourth-order valence-electron chi connectivity index (χ4n) is 1.76. The number of aryl methyl sites for hydroxylation is 1. The number of carbonyl (C=O) groups excluding carboxylic acids is 1. The van der Waals surface area contributed by atoms with Gasteiger partial charge < -0.3 is 9.47 Å². The number of rotatable bonds is 5. The van der Waals surface area contributed by atoms with E-state index >= 15 is 0 Å². The first-order chi connectivity index (χ1) is 8.86. The number of nitrogens with zero attached hydrogens (tertiary/aromatic N) is 1. The van der Waals surface area contributed by atoms with Crippen LogP contribution in [0.25, 0.3) is 0 Å². The summed E-state index contributed by atoms with van der Waals surface area (Å²) in [6.07, 6.45) is 8.89. The number of hydrogen-bond acceptors (Lipinski definition) is 4. The molecule has 1 aromatic heterocycles. The molecule has 0 fully saturated rings. The predicted octanol–water partition coefficient (Wildman–Crippen LogP) is 2.25. The second-order valence-electron chi connectivity index (χ2n) is 4.15. The van der Waals surface area contributed by atoms with Gasteiger partial charge in [0.15, 0.2) is 0 Å². The molecular weight excluding hydrogens is 230 g/mol. The summed E-state index contributed by atoms with van der Waals surface area (Å²) in [5.74, 6) is 0.0228. The van der Waals surface area contributed by atoms with Crippen LogP contribution in [0.5, 0.6) is 0 Å². The van der Waals surface area contributed by atoms with E-state index in [-0.39, 0.29) is 5.97 Å². The molecule has 1 aliphatic rings. The van der Waals surface area contributed by atoms with Crippen LogP contribution in [0, 0.1) is 0 Å². The molecule has 2 heterocycles. The molecule has 0 aromatic carbocycles. The van der Waals surface area contributed by atoms with Crippen LogP contribution in [0.1, 0.15) is 24.8 Å². The maximum absolute atomic E-state index is 11.6. The molecule has 0 radical (unpaired) electrons. The Morgan fingerprint density at radius 1 is 1.39 bits per heavy atom. The van der Waals surface area contributed by atoms with Crippen molar-refractivity contribution in [3.8, 4) is 0 Å². The van der Waals surface area contributed by atoms with Gasteiger partial charge in [0.05, 0.1) is 13.2 Å². The topological polar surface area (TPSA) is 48.4 Å². The Hall–Kier alpha value is -1.84. The molecule has 0 aliphatic carbocycles. The minimum Gasteiger partial charge on any atom is -0.487 e. The minimum atomic E-state index is -0.343. The number of carbonyl (C=O) groups is 1. The van der Waals surface area contributed by atoms with E-state index in [1.807, 2.05) is 12.1 Å². The lowest BCUT2D eigenvalue weighted by atomic mass is 10.1. The van der Waals surface area contributed by atoms with Gasteiger partial charge in [-0.3, -0.25) is 4.98 Å². The van der Waals surface area contributed by atoms with Crippen molar-refractivity contribution in [1.29, 1.82) is 0 Å². The third kappa shape index (κ3) is 3.87. The molecule has 1 aromatic rings. The molecule has 18 heavy (non-hydrogen) atoms. The second-order valence-corrected chi connectivity index (χ2v) is 4.15. The zero-order valence-corrected chi connectivity index (χ0v) is 10.3. The SMILES string of the molecule is O=C(OCCCc1ccncc1)C1=CCCCO1. The smallest absolute Gasteiger partial charge is 0.373 e. The van der Waals surface area contributed by atoms with Gasteiger partial charge in [-0.25, -0.2) is 4.79 Å². The zero-order chi connectivity index (χ0) is 12.6. The van der Waals surface area contributed by atoms with Crippen LogP contribution in [0.2, 0.25) is 0 Å². The van der Waals surface area contributed by atoms with Gasteiger partial charge in [-0.1, -0.05) is 0 Å². The van der Waals surface area contributed by atoms with Gasteiger partial charge in [0, 0.05) is 12.4 Å². The quantitative estimate of drug-likeness (QED) is 0.591. The molecule has 2 rings (SSSR count). The molecular formula is C14H17NO3. The number of pyridine rings is 1. The largest absolute Gasteiger partial charge is 0.487 e. The van der Waals surface area contributed by atoms with E-state index in [4.69, 9.17) is 9.47 Å². The second kappa shape index (κ2) is 6.79. The third-order valence-corrected chi connectivity index (χ3v) is 2.73. The molecule has 0 unspecified atom stereocenters. The summed E-state index contributed by atoms with van der Waals surface area (Å²) in [4.78, 5) is 15.5. The minimum absolute atomic E-state index is 0.343. The summed E-state index contributed by atoms with van der Waals surface area (Å²) in [6.45, 7) is 1.03. The Kier molecular flexibility index (Phi) is 4.76. The maximum atomic E-state index is 11.6. The highest BCUT2D eigenvalue weighted by Crippen LogP contribution is 2.11. The molecule has 0 saturated carbocycles. The average molecular weight is 247 g/mol. The highest BCUT2D eigenvalue weighted by atomic mass is 16.6. The van der Waals surface area contributed by atoms with Gasteiger partial charge >= 0.3 is 5.97 Å². The van der Waals surface area contributed by atoms with Crippen LogP contribution in [0.3, 0.4) is 0 Å². The lowest BCUT2D eigenvalue weighted by molar-refractivity contribution is -0.143. The first kappa shape index (κ1) is 12.6. The van der Waals surface area contributed by atoms with Crippen LogP contribution < -0.4 is 0 Å². The summed E-state index contributed by atoms with van der Waals surface area (Å²) in [5.41, 5.74) is 1.20. The van der Waals surface area contributed by atoms with Gasteiger partial charge in [0.1, 0.15) is 0 Å². The van der Waals surface area contributed by atoms with E-state index in [9.17, 15) is 4.79 Å². The molecule has 0 saturated heterocycles. The van der Waals surface area contributed by atoms with Crippen molar-refractivity contribution in [2.75, 3.05) is 13.2 Å². The maximum Gasteiger partial charge on any atom is 0.373 e. The summed E-state index contributed by atoms with van der Waals surface area (Å²) in [7, 11) is 0. The summed E-state index contributed by atoms with van der Waals surface area (Å²) in [6, 6.07) is 3.93. The average Bonchev–Trinajstić information content (AvgIpc) is 2.45. The fourth-order valence-corrected chi connectivity index (χ4v) is 1.76. The molecule has 4 heteroatoms. The molecule has 0 spiro atoms. The zero-order valence-electron chi connectivity index (χ0n) is 10.3. The Balaban J connectivity index is 1.66. The van der Waals surface area contributed by atoms with E-state index in [1.165, 1.54) is 5.56 Å². The van der Waals surface area contributed by atoms with Crippen molar-refractivity contribution in [2.24, 2.45) is 0 Å². The van der Waals surface area contributed by atoms with Crippen LogP contribution >= 0.6 is 0 Å². The molecule has 0 bridgehead atoms. The van der Waals surface area contributed by atoms with Gasteiger partial charge in [0.25, 0.3) is 0 Å². The Morgan fingerprint density at radius 2 is 2.22 bits per heavy atom. The van der Waals surface area contributed by atoms with E-state index in [0.29, 0.717) is 19.0 Å².